The Hall–Kier alpha value is -1.20. The topological polar surface area (TPSA) is 58.3 Å². The molecule has 0 spiro atoms. The van der Waals surface area contributed by atoms with Crippen LogP contribution in [-0.4, -0.2) is 53.6 Å². The Balaban J connectivity index is 2.01. The summed E-state index contributed by atoms with van der Waals surface area (Å²) in [5.74, 6) is 1.02. The summed E-state index contributed by atoms with van der Waals surface area (Å²) >= 11 is 0. The zero-order chi connectivity index (χ0) is 15.2. The van der Waals surface area contributed by atoms with Gasteiger partial charge in [0.2, 0.25) is 0 Å². The number of nitrogens with zero attached hydrogens (tertiary/aromatic N) is 4. The molecule has 2 rings (SSSR count). The third kappa shape index (κ3) is 4.14. The highest BCUT2D eigenvalue weighted by Gasteiger charge is 2.21. The van der Waals surface area contributed by atoms with Crippen molar-refractivity contribution in [2.45, 2.75) is 46.1 Å². The average Bonchev–Trinajstić information content (AvgIpc) is 2.73. The third-order valence-corrected chi connectivity index (χ3v) is 4.52. The summed E-state index contributed by atoms with van der Waals surface area (Å²) in [5.41, 5.74) is 7.79. The van der Waals surface area contributed by atoms with Gasteiger partial charge in [0.15, 0.2) is 0 Å². The normalized spacial score (nSPS) is 18.6. The van der Waals surface area contributed by atoms with Crippen molar-refractivity contribution in [2.75, 3.05) is 37.6 Å². The Bertz CT molecular complexity index is 448. The van der Waals surface area contributed by atoms with Crippen LogP contribution in [0.15, 0.2) is 6.20 Å². The van der Waals surface area contributed by atoms with Gasteiger partial charge in [-0.3, -0.25) is 9.88 Å². The molecule has 0 radical (unpaired) electrons. The number of nitrogens with two attached hydrogens (primary N) is 1. The summed E-state index contributed by atoms with van der Waals surface area (Å²) in [5, 5.41) is 0. The van der Waals surface area contributed by atoms with Crippen LogP contribution in [-0.2, 0) is 0 Å². The van der Waals surface area contributed by atoms with Gasteiger partial charge in [-0.05, 0) is 39.7 Å². The fourth-order valence-electron chi connectivity index (χ4n) is 3.05. The van der Waals surface area contributed by atoms with Gasteiger partial charge in [-0.25, -0.2) is 4.98 Å². The monoisotopic (exact) mass is 291 g/mol. The zero-order valence-electron chi connectivity index (χ0n) is 13.7. The van der Waals surface area contributed by atoms with Crippen LogP contribution in [0.4, 0.5) is 5.82 Å². The van der Waals surface area contributed by atoms with Gasteiger partial charge < -0.3 is 10.6 Å². The van der Waals surface area contributed by atoms with Crippen molar-refractivity contribution in [1.29, 1.82) is 0 Å². The molecule has 21 heavy (non-hydrogen) atoms. The summed E-state index contributed by atoms with van der Waals surface area (Å²) in [7, 11) is 0. The van der Waals surface area contributed by atoms with E-state index < -0.39 is 0 Å². The van der Waals surface area contributed by atoms with Gasteiger partial charge in [0.05, 0.1) is 17.6 Å². The van der Waals surface area contributed by atoms with Crippen LogP contribution in [0.25, 0.3) is 0 Å². The minimum absolute atomic E-state index is 0.626. The second-order valence-electron chi connectivity index (χ2n) is 5.92. The molecule has 1 aromatic heterocycles. The maximum atomic E-state index is 5.74. The minimum atomic E-state index is 0.626. The molecule has 1 unspecified atom stereocenters. The van der Waals surface area contributed by atoms with Crippen LogP contribution < -0.4 is 10.6 Å². The number of aromatic nitrogens is 2. The molecule has 2 heterocycles. The lowest BCUT2D eigenvalue weighted by Gasteiger charge is -2.29. The van der Waals surface area contributed by atoms with Gasteiger partial charge >= 0.3 is 0 Å². The molecule has 2 N–H and O–H groups in total. The molecule has 1 fully saturated rings. The van der Waals surface area contributed by atoms with Gasteiger partial charge in [-0.2, -0.15) is 0 Å². The Morgan fingerprint density at radius 3 is 2.67 bits per heavy atom. The quantitative estimate of drug-likeness (QED) is 0.895. The zero-order valence-corrected chi connectivity index (χ0v) is 13.7. The molecule has 118 valence electrons. The summed E-state index contributed by atoms with van der Waals surface area (Å²) < 4.78 is 0. The molecule has 5 heteroatoms. The predicted molar refractivity (Wildman–Crippen MR) is 87.7 cm³/mol. The van der Waals surface area contributed by atoms with Crippen LogP contribution in [0.2, 0.25) is 0 Å². The molecule has 1 atom stereocenters. The number of aryl methyl sites for hydroxylation is 2. The van der Waals surface area contributed by atoms with Crippen molar-refractivity contribution in [3.63, 3.8) is 0 Å². The molecule has 1 aliphatic rings. The Labute approximate surface area is 128 Å². The smallest absolute Gasteiger partial charge is 0.147 e. The lowest BCUT2D eigenvalue weighted by Crippen LogP contribution is -2.39. The molecule has 0 aliphatic carbocycles. The second kappa shape index (κ2) is 7.71. The van der Waals surface area contributed by atoms with E-state index in [0.29, 0.717) is 6.04 Å². The molecule has 0 bridgehead atoms. The minimum Gasteiger partial charge on any atom is -0.354 e. The van der Waals surface area contributed by atoms with Crippen molar-refractivity contribution in [3.8, 4) is 0 Å². The number of hydrogen-bond acceptors (Lipinski definition) is 5. The van der Waals surface area contributed by atoms with E-state index >= 15 is 0 Å². The predicted octanol–water partition coefficient (Wildman–Crippen LogP) is 1.73. The standard InChI is InChI=1S/C16H29N5/c1-4-15(6-7-17)20-8-5-9-21(11-10-20)16-12-18-13(2)14(3)19-16/h12,15H,4-11,17H2,1-3H3. The summed E-state index contributed by atoms with van der Waals surface area (Å²) in [4.78, 5) is 14.1. The summed E-state index contributed by atoms with van der Waals surface area (Å²) in [6, 6.07) is 0.626. The van der Waals surface area contributed by atoms with Crippen LogP contribution in [0.1, 0.15) is 37.6 Å². The molecule has 0 saturated carbocycles. The fraction of sp³-hybridized carbons (Fsp3) is 0.750. The van der Waals surface area contributed by atoms with Gasteiger partial charge in [-0.1, -0.05) is 6.92 Å². The van der Waals surface area contributed by atoms with Crippen molar-refractivity contribution in [2.24, 2.45) is 5.73 Å². The maximum Gasteiger partial charge on any atom is 0.147 e. The van der Waals surface area contributed by atoms with Crippen molar-refractivity contribution in [3.05, 3.63) is 17.6 Å². The molecule has 1 saturated heterocycles. The number of anilines is 1. The van der Waals surface area contributed by atoms with Gasteiger partial charge in [0.1, 0.15) is 5.82 Å². The molecule has 1 aliphatic heterocycles. The molecular formula is C16H29N5. The molecule has 5 nitrogen and oxygen atoms in total. The van der Waals surface area contributed by atoms with Crippen molar-refractivity contribution < 1.29 is 0 Å². The second-order valence-corrected chi connectivity index (χ2v) is 5.92. The van der Waals surface area contributed by atoms with Crippen LogP contribution in [0.3, 0.4) is 0 Å². The number of hydrogen-bond donors (Lipinski definition) is 1. The summed E-state index contributed by atoms with van der Waals surface area (Å²) in [6.45, 7) is 11.4. The van der Waals surface area contributed by atoms with E-state index in [2.05, 4.69) is 26.7 Å². The average molecular weight is 291 g/mol. The van der Waals surface area contributed by atoms with Gasteiger partial charge in [0, 0.05) is 32.2 Å². The van der Waals surface area contributed by atoms with Crippen LogP contribution >= 0.6 is 0 Å². The van der Waals surface area contributed by atoms with E-state index in [9.17, 15) is 0 Å². The summed E-state index contributed by atoms with van der Waals surface area (Å²) in [6.07, 6.45) is 5.37. The fourth-order valence-corrected chi connectivity index (χ4v) is 3.05. The Morgan fingerprint density at radius 2 is 2.00 bits per heavy atom. The largest absolute Gasteiger partial charge is 0.354 e. The maximum absolute atomic E-state index is 5.74. The first-order valence-electron chi connectivity index (χ1n) is 8.15. The van der Waals surface area contributed by atoms with Crippen molar-refractivity contribution in [1.82, 2.24) is 14.9 Å². The molecular weight excluding hydrogens is 262 g/mol. The first-order valence-corrected chi connectivity index (χ1v) is 8.15. The highest BCUT2D eigenvalue weighted by atomic mass is 15.3. The van der Waals surface area contributed by atoms with Crippen LogP contribution in [0.5, 0.6) is 0 Å². The highest BCUT2D eigenvalue weighted by molar-refractivity contribution is 5.37. The Kier molecular flexibility index (Phi) is 5.94. The molecule has 0 aromatic carbocycles. The van der Waals surface area contributed by atoms with E-state index in [1.54, 1.807) is 0 Å². The Morgan fingerprint density at radius 1 is 1.19 bits per heavy atom. The van der Waals surface area contributed by atoms with Gasteiger partial charge in [0.25, 0.3) is 0 Å². The van der Waals surface area contributed by atoms with Crippen LogP contribution in [0, 0.1) is 13.8 Å². The van der Waals surface area contributed by atoms with Gasteiger partial charge in [-0.15, -0.1) is 0 Å². The lowest BCUT2D eigenvalue weighted by molar-refractivity contribution is 0.196. The van der Waals surface area contributed by atoms with E-state index in [4.69, 9.17) is 5.73 Å². The number of rotatable bonds is 5. The third-order valence-electron chi connectivity index (χ3n) is 4.52. The first-order chi connectivity index (χ1) is 10.2. The van der Waals surface area contributed by atoms with E-state index in [0.717, 1.165) is 56.4 Å². The molecule has 0 amide bonds. The first kappa shape index (κ1) is 16.2. The SMILES string of the molecule is CCC(CCN)N1CCCN(c2cnc(C)c(C)n2)CC1. The van der Waals surface area contributed by atoms with Crippen molar-refractivity contribution >= 4 is 5.82 Å². The highest BCUT2D eigenvalue weighted by Crippen LogP contribution is 2.17. The van der Waals surface area contributed by atoms with E-state index in [1.807, 2.05) is 20.0 Å². The van der Waals surface area contributed by atoms with E-state index in [1.165, 1.54) is 12.8 Å². The molecule has 1 aromatic rings. The van der Waals surface area contributed by atoms with E-state index in [-0.39, 0.29) is 0 Å². The lowest BCUT2D eigenvalue weighted by atomic mass is 10.1.